The predicted octanol–water partition coefficient (Wildman–Crippen LogP) is 7.23. The Labute approximate surface area is 167 Å². The van der Waals surface area contributed by atoms with E-state index in [0.29, 0.717) is 6.04 Å². The number of nitrogens with zero attached hydrogens (tertiary/aromatic N) is 1. The van der Waals surface area contributed by atoms with Crippen molar-refractivity contribution in [3.63, 3.8) is 0 Å². The van der Waals surface area contributed by atoms with Gasteiger partial charge in [0.2, 0.25) is 0 Å². The maximum absolute atomic E-state index is 5.91. The van der Waals surface area contributed by atoms with Gasteiger partial charge in [0.15, 0.2) is 0 Å². The van der Waals surface area contributed by atoms with E-state index >= 15 is 0 Å². The molecule has 1 atom stereocenters. The average molecular weight is 389 g/mol. The summed E-state index contributed by atoms with van der Waals surface area (Å²) in [7, 11) is -1.26. The highest BCUT2D eigenvalue weighted by atomic mass is 31.2. The molecule has 0 aromatic carbocycles. The van der Waals surface area contributed by atoms with Crippen LogP contribution in [0.3, 0.4) is 0 Å². The molecular formula is C24H41N2P. The van der Waals surface area contributed by atoms with Crippen molar-refractivity contribution in [3.05, 3.63) is 24.4 Å². The molecule has 1 unspecified atom stereocenters. The Kier molecular flexibility index (Phi) is 7.20. The lowest BCUT2D eigenvalue weighted by molar-refractivity contribution is 0.454. The molecule has 1 heterocycles. The van der Waals surface area contributed by atoms with Crippen LogP contribution in [-0.4, -0.2) is 29.6 Å². The third kappa shape index (κ3) is 4.58. The summed E-state index contributed by atoms with van der Waals surface area (Å²) in [6.07, 6.45) is 31.1. The third-order valence-electron chi connectivity index (χ3n) is 7.86. The fourth-order valence-electron chi connectivity index (χ4n) is 6.56. The first-order chi connectivity index (χ1) is 13.4. The Morgan fingerprint density at radius 2 is 1.15 bits per heavy atom. The first-order valence-electron chi connectivity index (χ1n) is 12.1. The van der Waals surface area contributed by atoms with E-state index in [0.717, 1.165) is 23.5 Å². The molecule has 0 aromatic rings. The van der Waals surface area contributed by atoms with Crippen LogP contribution in [-0.2, 0) is 0 Å². The second-order valence-corrected chi connectivity index (χ2v) is 13.6. The van der Waals surface area contributed by atoms with Crippen molar-refractivity contribution in [1.82, 2.24) is 5.32 Å². The molecule has 3 aliphatic carbocycles. The lowest BCUT2D eigenvalue weighted by Crippen LogP contribution is -2.33. The fourth-order valence-corrected chi connectivity index (χ4v) is 13.1. The van der Waals surface area contributed by atoms with Crippen LogP contribution < -0.4 is 5.32 Å². The zero-order valence-electron chi connectivity index (χ0n) is 17.3. The molecule has 0 aromatic heterocycles. The van der Waals surface area contributed by atoms with Crippen LogP contribution in [0.2, 0.25) is 0 Å². The zero-order chi connectivity index (χ0) is 18.4. The van der Waals surface area contributed by atoms with Crippen LogP contribution >= 0.6 is 7.05 Å². The normalized spacial score (nSPS) is 28.8. The first-order valence-corrected chi connectivity index (χ1v) is 14.0. The minimum Gasteiger partial charge on any atom is -0.383 e. The standard InChI is InChI=1S/C24H41N2P/c1-4-13-22(14-5-1)27(23-15-6-2-7-16-23,24-17-8-3-9-18-24)26-20-21-12-10-11-19-25-21/h10-12,19,21-25H,1-9,13-18,20H2. The van der Waals surface area contributed by atoms with E-state index in [2.05, 4.69) is 29.7 Å². The van der Waals surface area contributed by atoms with Crippen LogP contribution in [0.25, 0.3) is 0 Å². The summed E-state index contributed by atoms with van der Waals surface area (Å²) in [5, 5.41) is 3.56. The Bertz CT molecular complexity index is 509. The molecule has 27 heavy (non-hydrogen) atoms. The molecule has 1 aliphatic heterocycles. The highest BCUT2D eigenvalue weighted by Gasteiger charge is 2.44. The molecule has 3 fully saturated rings. The molecule has 3 heteroatoms. The van der Waals surface area contributed by atoms with Crippen LogP contribution in [0.4, 0.5) is 0 Å². The van der Waals surface area contributed by atoms with Crippen molar-refractivity contribution < 1.29 is 0 Å². The Balaban J connectivity index is 1.68. The molecule has 0 bridgehead atoms. The highest BCUT2D eigenvalue weighted by Crippen LogP contribution is 2.70. The van der Waals surface area contributed by atoms with Gasteiger partial charge in [-0.3, -0.25) is 4.74 Å². The minimum absolute atomic E-state index is 0.435. The fraction of sp³-hybridized carbons (Fsp3) is 0.833. The van der Waals surface area contributed by atoms with Gasteiger partial charge < -0.3 is 5.32 Å². The summed E-state index contributed by atoms with van der Waals surface area (Å²) >= 11 is 0. The van der Waals surface area contributed by atoms with Gasteiger partial charge in [-0.05, 0) is 74.8 Å². The third-order valence-corrected chi connectivity index (χ3v) is 13.6. The van der Waals surface area contributed by atoms with E-state index in [-0.39, 0.29) is 0 Å². The van der Waals surface area contributed by atoms with Gasteiger partial charge in [0.25, 0.3) is 0 Å². The Morgan fingerprint density at radius 3 is 1.56 bits per heavy atom. The Morgan fingerprint density at radius 1 is 0.667 bits per heavy atom. The number of hydrogen-bond acceptors (Lipinski definition) is 2. The van der Waals surface area contributed by atoms with E-state index in [1.807, 2.05) is 0 Å². The summed E-state index contributed by atoms with van der Waals surface area (Å²) < 4.78 is 5.91. The largest absolute Gasteiger partial charge is 0.383 e. The number of dihydropyridines is 1. The molecule has 0 amide bonds. The first kappa shape index (κ1) is 19.8. The van der Waals surface area contributed by atoms with Gasteiger partial charge in [-0.2, -0.15) is 0 Å². The van der Waals surface area contributed by atoms with Gasteiger partial charge >= 0.3 is 0 Å². The SMILES string of the molecule is C1=CNC(CN=P(C2CCCCC2)(C2CCCCC2)C2CCCCC2)C=C1. The molecule has 2 nitrogen and oxygen atoms in total. The number of hydrogen-bond donors (Lipinski definition) is 1. The van der Waals surface area contributed by atoms with Crippen LogP contribution in [0.15, 0.2) is 29.2 Å². The lowest BCUT2D eigenvalue weighted by atomic mass is 9.99. The van der Waals surface area contributed by atoms with Crippen molar-refractivity contribution in [1.29, 1.82) is 0 Å². The monoisotopic (exact) mass is 388 g/mol. The second-order valence-electron chi connectivity index (χ2n) is 9.51. The molecule has 152 valence electrons. The van der Waals surface area contributed by atoms with E-state index in [4.69, 9.17) is 4.74 Å². The summed E-state index contributed by atoms with van der Waals surface area (Å²) in [5.41, 5.74) is 2.92. The van der Waals surface area contributed by atoms with Crippen molar-refractivity contribution in [2.75, 3.05) is 6.54 Å². The topological polar surface area (TPSA) is 24.4 Å². The Hall–Kier alpha value is -0.490. The second kappa shape index (κ2) is 9.82. The smallest absolute Gasteiger partial charge is 0.0636 e. The van der Waals surface area contributed by atoms with Gasteiger partial charge in [0, 0.05) is 0 Å². The molecule has 0 spiro atoms. The number of allylic oxidation sites excluding steroid dienone is 2. The summed E-state index contributed by atoms with van der Waals surface area (Å²) in [6, 6.07) is 0.435. The average Bonchev–Trinajstić information content (AvgIpc) is 2.77. The van der Waals surface area contributed by atoms with Crippen LogP contribution in [0.1, 0.15) is 96.3 Å². The number of nitrogens with one attached hydrogen (secondary N) is 1. The van der Waals surface area contributed by atoms with E-state index in [9.17, 15) is 0 Å². The van der Waals surface area contributed by atoms with E-state index in [1.54, 1.807) is 0 Å². The van der Waals surface area contributed by atoms with Crippen LogP contribution in [0.5, 0.6) is 0 Å². The molecule has 4 rings (SSSR count). The lowest BCUT2D eigenvalue weighted by Gasteiger charge is -2.49. The quantitative estimate of drug-likeness (QED) is 0.494. The van der Waals surface area contributed by atoms with Gasteiger partial charge in [0.1, 0.15) is 0 Å². The van der Waals surface area contributed by atoms with Crippen molar-refractivity contribution in [3.8, 4) is 0 Å². The van der Waals surface area contributed by atoms with Crippen molar-refractivity contribution in [2.24, 2.45) is 4.74 Å². The molecule has 1 N–H and O–H groups in total. The summed E-state index contributed by atoms with van der Waals surface area (Å²) in [6.45, 7) is 1.03. The molecule has 0 radical (unpaired) electrons. The molecule has 4 aliphatic rings. The summed E-state index contributed by atoms with van der Waals surface area (Å²) in [5.74, 6) is 0. The molecular weight excluding hydrogens is 347 g/mol. The molecule has 3 saturated carbocycles. The van der Waals surface area contributed by atoms with E-state index in [1.165, 1.54) is 96.3 Å². The maximum Gasteiger partial charge on any atom is 0.0636 e. The summed E-state index contributed by atoms with van der Waals surface area (Å²) in [4.78, 5) is 0. The van der Waals surface area contributed by atoms with Crippen molar-refractivity contribution in [2.45, 2.75) is 119 Å². The maximum atomic E-state index is 5.91. The highest BCUT2D eigenvalue weighted by molar-refractivity contribution is 7.68. The number of rotatable bonds is 5. The van der Waals surface area contributed by atoms with Crippen molar-refractivity contribution >= 4 is 7.05 Å². The zero-order valence-corrected chi connectivity index (χ0v) is 18.2. The van der Waals surface area contributed by atoms with Gasteiger partial charge in [-0.25, -0.2) is 0 Å². The van der Waals surface area contributed by atoms with Gasteiger partial charge in [-0.15, -0.1) is 0 Å². The minimum atomic E-state index is -1.26. The van der Waals surface area contributed by atoms with E-state index < -0.39 is 7.05 Å². The van der Waals surface area contributed by atoms with Crippen LogP contribution in [0, 0.1) is 0 Å². The molecule has 0 saturated heterocycles. The van der Waals surface area contributed by atoms with Gasteiger partial charge in [-0.1, -0.05) is 69.9 Å². The van der Waals surface area contributed by atoms with Gasteiger partial charge in [0.05, 0.1) is 12.6 Å². The predicted molar refractivity (Wildman–Crippen MR) is 120 cm³/mol.